The van der Waals surface area contributed by atoms with Gasteiger partial charge in [-0.3, -0.25) is 8.77 Å². The Balaban J connectivity index is 1.79. The van der Waals surface area contributed by atoms with Gasteiger partial charge in [-0.25, -0.2) is 13.1 Å². The quantitative estimate of drug-likeness (QED) is 0.672. The van der Waals surface area contributed by atoms with E-state index in [-0.39, 0.29) is 27.6 Å². The monoisotopic (exact) mass is 482 g/mol. The van der Waals surface area contributed by atoms with E-state index in [2.05, 4.69) is 4.72 Å². The Morgan fingerprint density at radius 3 is 2.56 bits per heavy atom. The predicted octanol–water partition coefficient (Wildman–Crippen LogP) is 4.70. The second kappa shape index (κ2) is 9.29. The number of ketones is 1. The average molecular weight is 483 g/mol. The number of halogens is 3. The van der Waals surface area contributed by atoms with E-state index >= 15 is 0 Å². The maximum absolute atomic E-state index is 13.8. The molecule has 1 fully saturated rings. The highest BCUT2D eigenvalue weighted by Gasteiger charge is 2.36. The van der Waals surface area contributed by atoms with Gasteiger partial charge in [-0.05, 0) is 37.5 Å². The van der Waals surface area contributed by atoms with Crippen LogP contribution < -0.4 is 4.72 Å². The number of allylic oxidation sites excluding steroid dienone is 5. The molecule has 1 aromatic carbocycles. The Bertz CT molecular complexity index is 1180. The number of nitrogens with zero attached hydrogens (tertiary/aromatic N) is 1. The number of Topliss-reactive ketones (excluding diaryl/α,β-unsaturated/α-hetero) is 1. The van der Waals surface area contributed by atoms with Gasteiger partial charge >= 0.3 is 6.18 Å². The maximum Gasteiger partial charge on any atom is 0.417 e. The van der Waals surface area contributed by atoms with Gasteiger partial charge in [0, 0.05) is 30.5 Å². The minimum Gasteiger partial charge on any atom is -0.300 e. The van der Waals surface area contributed by atoms with Gasteiger partial charge in [0.2, 0.25) is 0 Å². The summed E-state index contributed by atoms with van der Waals surface area (Å²) in [6.45, 7) is 0. The third-order valence-corrected chi connectivity index (χ3v) is 8.05. The van der Waals surface area contributed by atoms with Crippen molar-refractivity contribution >= 4 is 38.7 Å². The van der Waals surface area contributed by atoms with Crippen molar-refractivity contribution in [1.82, 2.24) is 8.69 Å². The molecular formula is C22H21F3N2O3S2. The number of carbonyl (C=O) groups excluding carboxylic acids is 1. The van der Waals surface area contributed by atoms with E-state index in [1.807, 2.05) is 6.08 Å². The van der Waals surface area contributed by atoms with Crippen LogP contribution in [0.2, 0.25) is 0 Å². The lowest BCUT2D eigenvalue weighted by atomic mass is 9.95. The van der Waals surface area contributed by atoms with E-state index in [0.717, 1.165) is 6.07 Å². The molecule has 1 heterocycles. The fourth-order valence-electron chi connectivity index (χ4n) is 3.81. The number of rotatable bonds is 5. The van der Waals surface area contributed by atoms with Crippen LogP contribution in [0.3, 0.4) is 0 Å². The maximum atomic E-state index is 13.8. The first-order valence-corrected chi connectivity index (χ1v) is 12.4. The Morgan fingerprint density at radius 1 is 1.09 bits per heavy atom. The third-order valence-electron chi connectivity index (χ3n) is 5.43. The van der Waals surface area contributed by atoms with Crippen LogP contribution in [-0.2, 0) is 32.9 Å². The van der Waals surface area contributed by atoms with Crippen LogP contribution >= 0.6 is 0 Å². The number of alkyl halides is 3. The third kappa shape index (κ3) is 4.72. The molecule has 0 bridgehead atoms. The Hall–Kier alpha value is -2.30. The summed E-state index contributed by atoms with van der Waals surface area (Å²) in [5.74, 6) is 0.124. The summed E-state index contributed by atoms with van der Waals surface area (Å²) in [6, 6.07) is 3.39. The van der Waals surface area contributed by atoms with Gasteiger partial charge in [0.25, 0.3) is 0 Å². The van der Waals surface area contributed by atoms with E-state index < -0.39 is 33.7 Å². The zero-order chi connectivity index (χ0) is 22.9. The number of benzene rings is 1. The largest absolute Gasteiger partial charge is 0.417 e. The van der Waals surface area contributed by atoms with Gasteiger partial charge in [-0.15, -0.1) is 0 Å². The van der Waals surface area contributed by atoms with Crippen molar-refractivity contribution < 1.29 is 26.4 Å². The Kier molecular flexibility index (Phi) is 6.64. The molecule has 0 amide bonds. The highest BCUT2D eigenvalue weighted by molar-refractivity contribution is 7.88. The molecule has 170 valence electrons. The molecule has 2 atom stereocenters. The van der Waals surface area contributed by atoms with Crippen LogP contribution in [0.1, 0.15) is 37.7 Å². The number of carbonyl (C=O) groups is 1. The highest BCUT2D eigenvalue weighted by atomic mass is 32.2. The SMILES string of the molecule is O=C1CCC(NS(=O)c2cn(S(=O)C3=CCC=CC=C3)c3cccc(C(F)(F)F)c23)CC1. The van der Waals surface area contributed by atoms with E-state index in [0.29, 0.717) is 37.0 Å². The number of aromatic nitrogens is 1. The summed E-state index contributed by atoms with van der Waals surface area (Å²) in [4.78, 5) is 11.8. The van der Waals surface area contributed by atoms with Gasteiger partial charge in [0.05, 0.1) is 20.9 Å². The number of fused-ring (bicyclic) bond motifs is 1. The highest BCUT2D eigenvalue weighted by Crippen LogP contribution is 2.39. The molecule has 1 saturated carbocycles. The van der Waals surface area contributed by atoms with Crippen LogP contribution in [0.4, 0.5) is 13.2 Å². The molecule has 0 spiro atoms. The molecule has 10 heteroatoms. The fourth-order valence-corrected chi connectivity index (χ4v) is 6.34. The summed E-state index contributed by atoms with van der Waals surface area (Å²) in [6.07, 6.45) is 7.58. The molecule has 2 aliphatic carbocycles. The average Bonchev–Trinajstić information content (AvgIpc) is 2.94. The zero-order valence-electron chi connectivity index (χ0n) is 16.9. The van der Waals surface area contributed by atoms with Crippen molar-refractivity contribution in [3.05, 3.63) is 65.2 Å². The summed E-state index contributed by atoms with van der Waals surface area (Å²) < 4.78 is 72.0. The van der Waals surface area contributed by atoms with Crippen molar-refractivity contribution in [2.24, 2.45) is 0 Å². The summed E-state index contributed by atoms with van der Waals surface area (Å²) in [5, 5.41) is -0.234. The Morgan fingerprint density at radius 2 is 1.84 bits per heavy atom. The smallest absolute Gasteiger partial charge is 0.300 e. The number of nitrogens with one attached hydrogen (secondary N) is 1. The molecule has 2 aliphatic rings. The molecule has 2 aromatic rings. The van der Waals surface area contributed by atoms with E-state index in [9.17, 15) is 26.4 Å². The summed E-state index contributed by atoms with van der Waals surface area (Å²) in [7, 11) is -3.80. The van der Waals surface area contributed by atoms with Crippen LogP contribution in [0.5, 0.6) is 0 Å². The second-order valence-corrected chi connectivity index (χ2v) is 10.2. The van der Waals surface area contributed by atoms with E-state index in [4.69, 9.17) is 0 Å². The lowest BCUT2D eigenvalue weighted by Gasteiger charge is -2.21. The van der Waals surface area contributed by atoms with Crippen LogP contribution in [-0.4, -0.2) is 24.2 Å². The summed E-state index contributed by atoms with van der Waals surface area (Å²) in [5.41, 5.74) is -0.838. The topological polar surface area (TPSA) is 68.2 Å². The molecule has 5 nitrogen and oxygen atoms in total. The molecule has 2 unspecified atom stereocenters. The number of hydrogen-bond acceptors (Lipinski definition) is 3. The first-order valence-electron chi connectivity index (χ1n) is 10.1. The normalized spacial score (nSPS) is 19.7. The van der Waals surface area contributed by atoms with Crippen molar-refractivity contribution in [2.75, 3.05) is 0 Å². The lowest BCUT2D eigenvalue weighted by molar-refractivity contribution is -0.136. The molecule has 1 aromatic heterocycles. The predicted molar refractivity (Wildman–Crippen MR) is 118 cm³/mol. The number of hydrogen-bond donors (Lipinski definition) is 1. The Labute approximate surface area is 188 Å². The lowest BCUT2D eigenvalue weighted by Crippen LogP contribution is -2.34. The minimum atomic E-state index is -4.67. The summed E-state index contributed by atoms with van der Waals surface area (Å²) >= 11 is 0. The second-order valence-electron chi connectivity index (χ2n) is 7.59. The van der Waals surface area contributed by atoms with Crippen molar-refractivity contribution in [1.29, 1.82) is 0 Å². The van der Waals surface area contributed by atoms with Gasteiger partial charge in [0.15, 0.2) is 11.0 Å². The van der Waals surface area contributed by atoms with Crippen LogP contribution in [0, 0.1) is 0 Å². The van der Waals surface area contributed by atoms with Crippen LogP contribution in [0.15, 0.2) is 64.6 Å². The molecule has 0 radical (unpaired) electrons. The standard InChI is InChI=1S/C22H21F3N2O3S2/c23-22(24,25)18-8-5-9-19-21(18)20(31(29)26-15-10-12-16(28)13-11-15)14-27(19)32(30)17-6-3-1-2-4-7-17/h1-3,5-9,14-15,26H,4,10-13H2. The first kappa shape index (κ1) is 22.9. The van der Waals surface area contributed by atoms with Gasteiger partial charge < -0.3 is 0 Å². The van der Waals surface area contributed by atoms with E-state index in [1.165, 1.54) is 22.3 Å². The van der Waals surface area contributed by atoms with Crippen molar-refractivity contribution in [2.45, 2.75) is 49.2 Å². The molecule has 0 saturated heterocycles. The minimum absolute atomic E-state index is 0.0745. The molecule has 32 heavy (non-hydrogen) atoms. The fraction of sp³-hybridized carbons (Fsp3) is 0.318. The van der Waals surface area contributed by atoms with E-state index in [1.54, 1.807) is 24.3 Å². The molecule has 0 aliphatic heterocycles. The molecule has 1 N–H and O–H groups in total. The van der Waals surface area contributed by atoms with Gasteiger partial charge in [0.1, 0.15) is 16.8 Å². The first-order chi connectivity index (χ1) is 15.3. The van der Waals surface area contributed by atoms with Gasteiger partial charge in [-0.1, -0.05) is 30.4 Å². The zero-order valence-corrected chi connectivity index (χ0v) is 18.6. The van der Waals surface area contributed by atoms with Crippen molar-refractivity contribution in [3.63, 3.8) is 0 Å². The van der Waals surface area contributed by atoms with Gasteiger partial charge in [-0.2, -0.15) is 13.2 Å². The van der Waals surface area contributed by atoms with Crippen molar-refractivity contribution in [3.8, 4) is 0 Å². The molecular weight excluding hydrogens is 461 g/mol. The molecule has 4 rings (SSSR count). The van der Waals surface area contributed by atoms with Crippen LogP contribution in [0.25, 0.3) is 10.9 Å².